The van der Waals surface area contributed by atoms with E-state index >= 15 is 0 Å². The quantitative estimate of drug-likeness (QED) is 0.821. The van der Waals surface area contributed by atoms with Crippen LogP contribution in [0.15, 0.2) is 12.7 Å². The molecular weight excluding hydrogens is 206 g/mol. The molecule has 84 valence electrons. The molecule has 3 heterocycles. The van der Waals surface area contributed by atoms with Crippen LogP contribution in [0.2, 0.25) is 0 Å². The third-order valence-corrected chi connectivity index (χ3v) is 2.81. The number of nitrogens with one attached hydrogen (secondary N) is 1. The molecule has 0 amide bonds. The maximum atomic E-state index is 5.62. The van der Waals surface area contributed by atoms with Gasteiger partial charge in [0.2, 0.25) is 0 Å². The fourth-order valence-corrected chi connectivity index (χ4v) is 2.03. The Kier molecular flexibility index (Phi) is 2.21. The molecule has 2 aromatic heterocycles. The van der Waals surface area contributed by atoms with E-state index in [1.54, 1.807) is 12.7 Å². The highest BCUT2D eigenvalue weighted by Gasteiger charge is 2.20. The topological polar surface area (TPSA) is 64.9 Å². The number of hydrogen-bond donors (Lipinski definition) is 1. The van der Waals surface area contributed by atoms with Crippen LogP contribution in [0.4, 0.5) is 5.82 Å². The van der Waals surface area contributed by atoms with Crippen LogP contribution in [-0.4, -0.2) is 33.2 Å². The van der Waals surface area contributed by atoms with E-state index in [1.807, 2.05) is 11.6 Å². The normalized spacial score (nSPS) is 20.4. The number of ether oxygens (including phenoxy) is 1. The molecule has 0 aliphatic carbocycles. The Labute approximate surface area is 92.7 Å². The fourth-order valence-electron chi connectivity index (χ4n) is 2.03. The van der Waals surface area contributed by atoms with Crippen molar-refractivity contribution in [2.45, 2.75) is 19.1 Å². The molecule has 16 heavy (non-hydrogen) atoms. The van der Waals surface area contributed by atoms with Crippen LogP contribution in [0.5, 0.6) is 0 Å². The average molecular weight is 219 g/mol. The second-order valence-corrected chi connectivity index (χ2v) is 3.76. The molecule has 0 unspecified atom stereocenters. The molecule has 0 bridgehead atoms. The summed E-state index contributed by atoms with van der Waals surface area (Å²) in [6.07, 6.45) is 5.50. The monoisotopic (exact) mass is 219 g/mol. The van der Waals surface area contributed by atoms with Crippen LogP contribution in [-0.2, 0) is 4.74 Å². The summed E-state index contributed by atoms with van der Waals surface area (Å²) in [4.78, 5) is 12.7. The number of hydrogen-bond acceptors (Lipinski definition) is 5. The summed E-state index contributed by atoms with van der Waals surface area (Å²) in [6, 6.07) is 0. The smallest absolute Gasteiger partial charge is 0.167 e. The maximum absolute atomic E-state index is 5.62. The van der Waals surface area contributed by atoms with E-state index in [2.05, 4.69) is 20.3 Å². The molecule has 6 heteroatoms. The van der Waals surface area contributed by atoms with E-state index in [9.17, 15) is 0 Å². The molecule has 1 aliphatic rings. The maximum Gasteiger partial charge on any atom is 0.167 e. The summed E-state index contributed by atoms with van der Waals surface area (Å²) in [6.45, 7) is 0.814. The lowest BCUT2D eigenvalue weighted by molar-refractivity contribution is 0.0593. The van der Waals surface area contributed by atoms with Crippen LogP contribution < -0.4 is 5.32 Å². The van der Waals surface area contributed by atoms with Crippen molar-refractivity contribution >= 4 is 17.0 Å². The summed E-state index contributed by atoms with van der Waals surface area (Å²) in [7, 11) is 1.83. The van der Waals surface area contributed by atoms with Crippen LogP contribution in [0, 0.1) is 0 Å². The Morgan fingerprint density at radius 3 is 3.12 bits per heavy atom. The molecular formula is C10H13N5O. The van der Waals surface area contributed by atoms with E-state index in [-0.39, 0.29) is 6.23 Å². The highest BCUT2D eigenvalue weighted by molar-refractivity contribution is 5.82. The van der Waals surface area contributed by atoms with Crippen LogP contribution in [0.1, 0.15) is 19.1 Å². The Hall–Kier alpha value is -1.69. The van der Waals surface area contributed by atoms with E-state index in [1.165, 1.54) is 0 Å². The molecule has 0 aromatic carbocycles. The first-order valence-electron chi connectivity index (χ1n) is 5.37. The van der Waals surface area contributed by atoms with Gasteiger partial charge in [-0.3, -0.25) is 4.57 Å². The van der Waals surface area contributed by atoms with Gasteiger partial charge in [-0.2, -0.15) is 0 Å². The van der Waals surface area contributed by atoms with Crippen molar-refractivity contribution in [3.8, 4) is 0 Å². The van der Waals surface area contributed by atoms with E-state index in [0.717, 1.165) is 36.4 Å². The summed E-state index contributed by atoms with van der Waals surface area (Å²) >= 11 is 0. The lowest BCUT2D eigenvalue weighted by Gasteiger charge is -2.11. The number of imidazole rings is 1. The van der Waals surface area contributed by atoms with Crippen LogP contribution >= 0.6 is 0 Å². The number of nitrogens with zero attached hydrogens (tertiary/aromatic N) is 4. The van der Waals surface area contributed by atoms with Gasteiger partial charge < -0.3 is 10.1 Å². The minimum absolute atomic E-state index is 0.0737. The zero-order valence-corrected chi connectivity index (χ0v) is 9.05. The van der Waals surface area contributed by atoms with Gasteiger partial charge in [-0.05, 0) is 12.8 Å². The highest BCUT2D eigenvalue weighted by atomic mass is 16.5. The zero-order valence-electron chi connectivity index (χ0n) is 9.05. The predicted octanol–water partition coefficient (Wildman–Crippen LogP) is 1.18. The fraction of sp³-hybridized carbons (Fsp3) is 0.500. The third kappa shape index (κ3) is 1.34. The Balaban J connectivity index is 2.12. The number of rotatable bonds is 2. The molecule has 1 fully saturated rings. The van der Waals surface area contributed by atoms with Gasteiger partial charge in [0, 0.05) is 13.7 Å². The van der Waals surface area contributed by atoms with Gasteiger partial charge in [0.1, 0.15) is 18.1 Å². The molecule has 0 saturated carbocycles. The lowest BCUT2D eigenvalue weighted by atomic mass is 10.3. The van der Waals surface area contributed by atoms with E-state index in [4.69, 9.17) is 4.74 Å². The lowest BCUT2D eigenvalue weighted by Crippen LogP contribution is -2.06. The number of anilines is 1. The molecule has 6 nitrogen and oxygen atoms in total. The number of fused-ring (bicyclic) bond motifs is 1. The molecule has 1 saturated heterocycles. The van der Waals surface area contributed by atoms with E-state index < -0.39 is 0 Å². The summed E-state index contributed by atoms with van der Waals surface area (Å²) in [5.41, 5.74) is 1.62. The minimum atomic E-state index is 0.0737. The molecule has 0 spiro atoms. The van der Waals surface area contributed by atoms with Gasteiger partial charge in [0.25, 0.3) is 0 Å². The van der Waals surface area contributed by atoms with Crippen LogP contribution in [0.3, 0.4) is 0 Å². The van der Waals surface area contributed by atoms with Crippen molar-refractivity contribution < 1.29 is 4.74 Å². The van der Waals surface area contributed by atoms with Crippen molar-refractivity contribution in [3.05, 3.63) is 12.7 Å². The summed E-state index contributed by atoms with van der Waals surface area (Å²) in [5, 5.41) is 3.01. The standard InChI is InChI=1S/C10H13N5O/c1-11-9-8-10(13-5-12-9)15(6-14-8)7-3-2-4-16-7/h5-7H,2-4H2,1H3,(H,11,12,13)/t7-/m0/s1. The Bertz CT molecular complexity index is 503. The van der Waals surface area contributed by atoms with Gasteiger partial charge in [-0.1, -0.05) is 0 Å². The van der Waals surface area contributed by atoms with Gasteiger partial charge in [-0.25, -0.2) is 15.0 Å². The zero-order chi connectivity index (χ0) is 11.0. The van der Waals surface area contributed by atoms with Crippen molar-refractivity contribution in [1.29, 1.82) is 0 Å². The third-order valence-electron chi connectivity index (χ3n) is 2.81. The predicted molar refractivity (Wildman–Crippen MR) is 59.1 cm³/mol. The summed E-state index contributed by atoms with van der Waals surface area (Å²) in [5.74, 6) is 0.752. The average Bonchev–Trinajstić information content (AvgIpc) is 2.96. The van der Waals surface area contributed by atoms with Gasteiger partial charge in [0.05, 0.1) is 6.33 Å². The van der Waals surface area contributed by atoms with Gasteiger partial charge in [-0.15, -0.1) is 0 Å². The van der Waals surface area contributed by atoms with Crippen molar-refractivity contribution in [1.82, 2.24) is 19.5 Å². The van der Waals surface area contributed by atoms with E-state index in [0.29, 0.717) is 0 Å². The Morgan fingerprint density at radius 1 is 1.44 bits per heavy atom. The van der Waals surface area contributed by atoms with Gasteiger partial charge >= 0.3 is 0 Å². The van der Waals surface area contributed by atoms with Crippen molar-refractivity contribution in [2.75, 3.05) is 19.0 Å². The first-order valence-corrected chi connectivity index (χ1v) is 5.37. The largest absolute Gasteiger partial charge is 0.371 e. The molecule has 1 N–H and O–H groups in total. The Morgan fingerprint density at radius 2 is 2.38 bits per heavy atom. The first kappa shape index (κ1) is 9.53. The molecule has 0 radical (unpaired) electrons. The summed E-state index contributed by atoms with van der Waals surface area (Å²) < 4.78 is 7.60. The second-order valence-electron chi connectivity index (χ2n) is 3.76. The number of aromatic nitrogens is 4. The van der Waals surface area contributed by atoms with Crippen LogP contribution in [0.25, 0.3) is 11.2 Å². The van der Waals surface area contributed by atoms with Crippen molar-refractivity contribution in [2.24, 2.45) is 0 Å². The molecule has 1 aliphatic heterocycles. The minimum Gasteiger partial charge on any atom is -0.371 e. The van der Waals surface area contributed by atoms with Crippen molar-refractivity contribution in [3.63, 3.8) is 0 Å². The second kappa shape index (κ2) is 3.71. The highest BCUT2D eigenvalue weighted by Crippen LogP contribution is 2.27. The molecule has 1 atom stereocenters. The molecule has 2 aromatic rings. The SMILES string of the molecule is CNc1ncnc2c1ncn2[C@@H]1CCCO1. The van der Waals surface area contributed by atoms with Gasteiger partial charge in [0.15, 0.2) is 11.5 Å². The molecule has 3 rings (SSSR count). The first-order chi connectivity index (χ1) is 7.90.